The number of rotatable bonds is 6. The fraction of sp³-hybridized carbons (Fsp3) is 0.263. The van der Waals surface area contributed by atoms with Gasteiger partial charge in [-0.15, -0.1) is 11.3 Å². The van der Waals surface area contributed by atoms with Crippen molar-refractivity contribution < 1.29 is 14.0 Å². The Bertz CT molecular complexity index is 1010. The van der Waals surface area contributed by atoms with Crippen LogP contribution in [0.15, 0.2) is 29.6 Å². The number of urea groups is 1. The second-order valence-corrected chi connectivity index (χ2v) is 7.41. The molecule has 0 aliphatic carbocycles. The molecule has 1 aromatic carbocycles. The van der Waals surface area contributed by atoms with Crippen LogP contribution in [0.1, 0.15) is 33.0 Å². The summed E-state index contributed by atoms with van der Waals surface area (Å²) in [6.07, 6.45) is 0. The molecule has 0 aliphatic heterocycles. The number of hydrogen-bond donors (Lipinski definition) is 3. The molecule has 2 aromatic heterocycles. The second-order valence-electron chi connectivity index (χ2n) is 6.55. The molecule has 0 aliphatic rings. The van der Waals surface area contributed by atoms with Gasteiger partial charge in [-0.3, -0.25) is 15.2 Å². The van der Waals surface area contributed by atoms with Gasteiger partial charge in [-0.2, -0.15) is 5.10 Å². The van der Waals surface area contributed by atoms with E-state index in [-0.39, 0.29) is 18.3 Å². The number of carbonyl (C=O) groups is 2. The SMILES string of the molecule is Cc1n[nH]c(C)c1C(=O)N(C)Cc1csc(NC(=O)NCc2cccc(F)c2)n1. The molecule has 0 radical (unpaired) electrons. The van der Waals surface area contributed by atoms with Gasteiger partial charge in [0, 0.05) is 24.7 Å². The molecule has 152 valence electrons. The average Bonchev–Trinajstić information content (AvgIpc) is 3.25. The quantitative estimate of drug-likeness (QED) is 0.574. The van der Waals surface area contributed by atoms with Crippen molar-refractivity contribution in [3.8, 4) is 0 Å². The summed E-state index contributed by atoms with van der Waals surface area (Å²) < 4.78 is 13.2. The Hall–Kier alpha value is -3.27. The maximum atomic E-state index is 13.2. The number of benzene rings is 1. The second kappa shape index (κ2) is 8.82. The first kappa shape index (κ1) is 20.5. The molecule has 0 unspecified atom stereocenters. The largest absolute Gasteiger partial charge is 0.336 e. The first-order valence-corrected chi connectivity index (χ1v) is 9.72. The van der Waals surface area contributed by atoms with Crippen molar-refractivity contribution in [1.29, 1.82) is 0 Å². The van der Waals surface area contributed by atoms with Gasteiger partial charge < -0.3 is 10.2 Å². The predicted molar refractivity (Wildman–Crippen MR) is 108 cm³/mol. The van der Waals surface area contributed by atoms with Crippen molar-refractivity contribution in [1.82, 2.24) is 25.4 Å². The molecular weight excluding hydrogens is 395 g/mol. The van der Waals surface area contributed by atoms with Crippen LogP contribution in [0, 0.1) is 19.7 Å². The number of aryl methyl sites for hydroxylation is 2. The lowest BCUT2D eigenvalue weighted by molar-refractivity contribution is 0.0782. The summed E-state index contributed by atoms with van der Waals surface area (Å²) in [5.74, 6) is -0.502. The van der Waals surface area contributed by atoms with Gasteiger partial charge in [0.05, 0.1) is 23.5 Å². The third-order valence-corrected chi connectivity index (χ3v) is 5.01. The molecule has 8 nitrogen and oxygen atoms in total. The van der Waals surface area contributed by atoms with Crippen LogP contribution < -0.4 is 10.6 Å². The van der Waals surface area contributed by atoms with Crippen molar-refractivity contribution in [3.63, 3.8) is 0 Å². The minimum Gasteiger partial charge on any atom is -0.336 e. The van der Waals surface area contributed by atoms with Gasteiger partial charge in [-0.1, -0.05) is 12.1 Å². The van der Waals surface area contributed by atoms with Crippen LogP contribution in [-0.4, -0.2) is 39.1 Å². The van der Waals surface area contributed by atoms with Crippen LogP contribution in [0.5, 0.6) is 0 Å². The number of nitrogens with zero attached hydrogens (tertiary/aromatic N) is 3. The third-order valence-electron chi connectivity index (χ3n) is 4.20. The maximum absolute atomic E-state index is 13.2. The minimum atomic E-state index is -0.441. The normalized spacial score (nSPS) is 10.6. The molecule has 10 heteroatoms. The number of aromatic amines is 1. The van der Waals surface area contributed by atoms with Crippen LogP contribution in [0.2, 0.25) is 0 Å². The summed E-state index contributed by atoms with van der Waals surface area (Å²) in [6, 6.07) is 5.57. The molecule has 0 saturated carbocycles. The lowest BCUT2D eigenvalue weighted by Gasteiger charge is -2.16. The third kappa shape index (κ3) is 5.17. The van der Waals surface area contributed by atoms with E-state index < -0.39 is 6.03 Å². The lowest BCUT2D eigenvalue weighted by Crippen LogP contribution is -2.28. The van der Waals surface area contributed by atoms with E-state index in [1.165, 1.54) is 23.5 Å². The highest BCUT2D eigenvalue weighted by Crippen LogP contribution is 2.18. The monoisotopic (exact) mass is 416 g/mol. The number of halogens is 1. The summed E-state index contributed by atoms with van der Waals surface area (Å²) >= 11 is 1.26. The molecule has 0 spiro atoms. The zero-order valence-corrected chi connectivity index (χ0v) is 17.1. The first-order valence-electron chi connectivity index (χ1n) is 8.84. The minimum absolute atomic E-state index is 0.149. The predicted octanol–water partition coefficient (Wildman–Crippen LogP) is 3.22. The number of amides is 3. The van der Waals surface area contributed by atoms with Gasteiger partial charge in [0.2, 0.25) is 0 Å². The molecule has 0 bridgehead atoms. The van der Waals surface area contributed by atoms with E-state index in [4.69, 9.17) is 0 Å². The molecule has 29 heavy (non-hydrogen) atoms. The van der Waals surface area contributed by atoms with Gasteiger partial charge >= 0.3 is 6.03 Å². The summed E-state index contributed by atoms with van der Waals surface area (Å²) in [7, 11) is 1.69. The van der Waals surface area contributed by atoms with Crippen LogP contribution in [0.3, 0.4) is 0 Å². The summed E-state index contributed by atoms with van der Waals surface area (Å²) in [4.78, 5) is 30.5. The van der Waals surface area contributed by atoms with Crippen LogP contribution in [-0.2, 0) is 13.1 Å². The molecule has 3 amide bonds. The van der Waals surface area contributed by atoms with Gasteiger partial charge in [0.1, 0.15) is 5.82 Å². The van der Waals surface area contributed by atoms with Crippen molar-refractivity contribution in [2.45, 2.75) is 26.9 Å². The molecule has 0 fully saturated rings. The van der Waals surface area contributed by atoms with Gasteiger partial charge in [0.25, 0.3) is 5.91 Å². The molecule has 3 aromatic rings. The molecule has 0 atom stereocenters. The number of aromatic nitrogens is 3. The first-order chi connectivity index (χ1) is 13.8. The van der Waals surface area contributed by atoms with Crippen molar-refractivity contribution in [3.05, 3.63) is 63.7 Å². The molecule has 0 saturated heterocycles. The topological polar surface area (TPSA) is 103 Å². The number of carbonyl (C=O) groups excluding carboxylic acids is 2. The van der Waals surface area contributed by atoms with Crippen molar-refractivity contribution >= 4 is 28.4 Å². The van der Waals surface area contributed by atoms with Crippen LogP contribution in [0.4, 0.5) is 14.3 Å². The van der Waals surface area contributed by atoms with E-state index >= 15 is 0 Å². The van der Waals surface area contributed by atoms with Crippen LogP contribution in [0.25, 0.3) is 0 Å². The highest BCUT2D eigenvalue weighted by atomic mass is 32.1. The Kier molecular flexibility index (Phi) is 6.23. The highest BCUT2D eigenvalue weighted by Gasteiger charge is 2.20. The Morgan fingerprint density at radius 1 is 1.31 bits per heavy atom. The Morgan fingerprint density at radius 2 is 2.10 bits per heavy atom. The van der Waals surface area contributed by atoms with E-state index in [9.17, 15) is 14.0 Å². The Morgan fingerprint density at radius 3 is 2.79 bits per heavy atom. The fourth-order valence-corrected chi connectivity index (χ4v) is 3.48. The molecule has 2 heterocycles. The molecule has 3 N–H and O–H groups in total. The van der Waals surface area contributed by atoms with Crippen molar-refractivity contribution in [2.75, 3.05) is 12.4 Å². The van der Waals surface area contributed by atoms with E-state index in [1.54, 1.807) is 43.3 Å². The Balaban J connectivity index is 1.53. The van der Waals surface area contributed by atoms with Gasteiger partial charge in [0.15, 0.2) is 5.13 Å². The zero-order valence-electron chi connectivity index (χ0n) is 16.2. The summed E-state index contributed by atoms with van der Waals surface area (Å²) in [6.45, 7) is 4.07. The fourth-order valence-electron chi connectivity index (χ4n) is 2.78. The molecule has 3 rings (SSSR count). The highest BCUT2D eigenvalue weighted by molar-refractivity contribution is 7.13. The van der Waals surface area contributed by atoms with Gasteiger partial charge in [-0.05, 0) is 31.5 Å². The Labute approximate surface area is 171 Å². The number of H-pyrrole nitrogens is 1. The lowest BCUT2D eigenvalue weighted by atomic mass is 10.2. The summed E-state index contributed by atoms with van der Waals surface area (Å²) in [5, 5.41) is 14.3. The summed E-state index contributed by atoms with van der Waals surface area (Å²) in [5.41, 5.74) is 3.23. The average molecular weight is 416 g/mol. The maximum Gasteiger partial charge on any atom is 0.321 e. The van der Waals surface area contributed by atoms with E-state index in [1.807, 2.05) is 0 Å². The van der Waals surface area contributed by atoms with E-state index in [2.05, 4.69) is 25.8 Å². The number of hydrogen-bond acceptors (Lipinski definition) is 5. The smallest absolute Gasteiger partial charge is 0.321 e. The number of anilines is 1. The molecular formula is C19H21FN6O2S. The van der Waals surface area contributed by atoms with E-state index in [0.717, 1.165) is 5.69 Å². The number of nitrogens with one attached hydrogen (secondary N) is 3. The van der Waals surface area contributed by atoms with Gasteiger partial charge in [-0.25, -0.2) is 14.2 Å². The zero-order chi connectivity index (χ0) is 21.0. The van der Waals surface area contributed by atoms with Crippen LogP contribution >= 0.6 is 11.3 Å². The van der Waals surface area contributed by atoms with E-state index in [0.29, 0.717) is 34.2 Å². The van der Waals surface area contributed by atoms with Crippen molar-refractivity contribution in [2.24, 2.45) is 0 Å². The standard InChI is InChI=1S/C19H21FN6O2S/c1-11-16(12(2)25-24-11)17(27)26(3)9-15-10-29-19(22-15)23-18(28)21-8-13-5-4-6-14(20)7-13/h4-7,10H,8-9H2,1-3H3,(H,24,25)(H2,21,22,23,28). The number of thiazole rings is 1.